The fourth-order valence-electron chi connectivity index (χ4n) is 3.45. The SMILES string of the molecule is CCN(CC)CCNc1nc(N2CCOCC2)c2ccc(C(C)C)cc2n1. The molecule has 1 aliphatic heterocycles. The van der Waals surface area contributed by atoms with Crippen LogP contribution in [0.3, 0.4) is 0 Å². The lowest BCUT2D eigenvalue weighted by Crippen LogP contribution is -2.37. The predicted molar refractivity (Wildman–Crippen MR) is 113 cm³/mol. The van der Waals surface area contributed by atoms with Crippen LogP contribution in [-0.4, -0.2) is 67.4 Å². The van der Waals surface area contributed by atoms with Crippen LogP contribution in [0, 0.1) is 0 Å². The third kappa shape index (κ3) is 4.87. The molecule has 2 heterocycles. The van der Waals surface area contributed by atoms with Crippen LogP contribution in [0.25, 0.3) is 10.9 Å². The zero-order chi connectivity index (χ0) is 19.2. The largest absolute Gasteiger partial charge is 0.378 e. The van der Waals surface area contributed by atoms with Gasteiger partial charge >= 0.3 is 0 Å². The van der Waals surface area contributed by atoms with E-state index in [9.17, 15) is 0 Å². The van der Waals surface area contributed by atoms with Gasteiger partial charge in [0.25, 0.3) is 0 Å². The van der Waals surface area contributed by atoms with Crippen LogP contribution >= 0.6 is 0 Å². The first-order valence-electron chi connectivity index (χ1n) is 10.2. The van der Waals surface area contributed by atoms with E-state index in [0.29, 0.717) is 5.92 Å². The van der Waals surface area contributed by atoms with Gasteiger partial charge in [0, 0.05) is 31.6 Å². The zero-order valence-corrected chi connectivity index (χ0v) is 17.2. The molecule has 1 aromatic heterocycles. The highest BCUT2D eigenvalue weighted by Crippen LogP contribution is 2.28. The van der Waals surface area contributed by atoms with E-state index < -0.39 is 0 Å². The lowest BCUT2D eigenvalue weighted by atomic mass is 10.0. The molecule has 0 amide bonds. The minimum Gasteiger partial charge on any atom is -0.378 e. The van der Waals surface area contributed by atoms with E-state index in [1.807, 2.05) is 0 Å². The number of benzene rings is 1. The summed E-state index contributed by atoms with van der Waals surface area (Å²) in [5.74, 6) is 2.22. The second-order valence-electron chi connectivity index (χ2n) is 7.36. The molecule has 6 heteroatoms. The summed E-state index contributed by atoms with van der Waals surface area (Å²) >= 11 is 0. The Morgan fingerprint density at radius 1 is 1.15 bits per heavy atom. The topological polar surface area (TPSA) is 53.5 Å². The van der Waals surface area contributed by atoms with Crippen LogP contribution in [0.1, 0.15) is 39.2 Å². The lowest BCUT2D eigenvalue weighted by molar-refractivity contribution is 0.122. The number of nitrogens with zero attached hydrogens (tertiary/aromatic N) is 4. The van der Waals surface area contributed by atoms with Gasteiger partial charge in [0.15, 0.2) is 0 Å². The van der Waals surface area contributed by atoms with Crippen molar-refractivity contribution in [3.8, 4) is 0 Å². The van der Waals surface area contributed by atoms with Crippen molar-refractivity contribution >= 4 is 22.7 Å². The smallest absolute Gasteiger partial charge is 0.225 e. The first-order valence-corrected chi connectivity index (χ1v) is 10.2. The summed E-state index contributed by atoms with van der Waals surface area (Å²) in [5, 5.41) is 4.56. The van der Waals surface area contributed by atoms with Gasteiger partial charge in [-0.1, -0.05) is 33.8 Å². The second-order valence-corrected chi connectivity index (χ2v) is 7.36. The van der Waals surface area contributed by atoms with Gasteiger partial charge in [0.2, 0.25) is 5.95 Å². The Labute approximate surface area is 162 Å². The summed E-state index contributed by atoms with van der Waals surface area (Å²) in [4.78, 5) is 14.4. The molecule has 0 spiro atoms. The van der Waals surface area contributed by atoms with Crippen molar-refractivity contribution in [3.05, 3.63) is 23.8 Å². The lowest BCUT2D eigenvalue weighted by Gasteiger charge is -2.29. The van der Waals surface area contributed by atoms with Crippen LogP contribution in [0.5, 0.6) is 0 Å². The summed E-state index contributed by atoms with van der Waals surface area (Å²) in [5.41, 5.74) is 2.33. The number of hydrogen-bond acceptors (Lipinski definition) is 6. The zero-order valence-electron chi connectivity index (χ0n) is 17.2. The second kappa shape index (κ2) is 9.33. The average molecular weight is 372 g/mol. The molecule has 0 bridgehead atoms. The van der Waals surface area contributed by atoms with E-state index in [1.54, 1.807) is 0 Å². The monoisotopic (exact) mass is 371 g/mol. The molecule has 0 atom stereocenters. The molecular formula is C21H33N5O. The van der Waals surface area contributed by atoms with Crippen molar-refractivity contribution < 1.29 is 4.74 Å². The van der Waals surface area contributed by atoms with Crippen LogP contribution < -0.4 is 10.2 Å². The van der Waals surface area contributed by atoms with Gasteiger partial charge < -0.3 is 19.9 Å². The number of nitrogens with one attached hydrogen (secondary N) is 1. The number of rotatable bonds is 8. The number of hydrogen-bond donors (Lipinski definition) is 1. The molecule has 6 nitrogen and oxygen atoms in total. The fraction of sp³-hybridized carbons (Fsp3) is 0.619. The number of anilines is 2. The summed E-state index contributed by atoms with van der Waals surface area (Å²) in [6.45, 7) is 16.0. The molecular weight excluding hydrogens is 338 g/mol. The van der Waals surface area contributed by atoms with Crippen molar-refractivity contribution in [2.24, 2.45) is 0 Å². The molecule has 0 aliphatic carbocycles. The van der Waals surface area contributed by atoms with Gasteiger partial charge in [-0.15, -0.1) is 0 Å². The van der Waals surface area contributed by atoms with E-state index in [1.165, 1.54) is 5.56 Å². The molecule has 1 saturated heterocycles. The van der Waals surface area contributed by atoms with Gasteiger partial charge in [0.05, 0.1) is 18.7 Å². The molecule has 0 saturated carbocycles. The highest BCUT2D eigenvalue weighted by atomic mass is 16.5. The molecule has 1 N–H and O–H groups in total. The van der Waals surface area contributed by atoms with Gasteiger partial charge in [-0.2, -0.15) is 4.98 Å². The Hall–Kier alpha value is -1.92. The number of aromatic nitrogens is 2. The van der Waals surface area contributed by atoms with Crippen LogP contribution in [-0.2, 0) is 4.74 Å². The van der Waals surface area contributed by atoms with Gasteiger partial charge in [-0.25, -0.2) is 4.98 Å². The summed E-state index contributed by atoms with van der Waals surface area (Å²) in [6, 6.07) is 6.59. The van der Waals surface area contributed by atoms with Crippen molar-refractivity contribution in [1.82, 2.24) is 14.9 Å². The highest BCUT2D eigenvalue weighted by molar-refractivity contribution is 5.91. The summed E-state index contributed by atoms with van der Waals surface area (Å²) in [7, 11) is 0. The van der Waals surface area contributed by atoms with Gasteiger partial charge in [-0.05, 0) is 36.7 Å². The summed E-state index contributed by atoms with van der Waals surface area (Å²) in [6.07, 6.45) is 0. The van der Waals surface area contributed by atoms with E-state index >= 15 is 0 Å². The molecule has 0 radical (unpaired) electrons. The van der Waals surface area contributed by atoms with Crippen LogP contribution in [0.2, 0.25) is 0 Å². The Morgan fingerprint density at radius 3 is 2.56 bits per heavy atom. The fourth-order valence-corrected chi connectivity index (χ4v) is 3.45. The third-order valence-corrected chi connectivity index (χ3v) is 5.28. The van der Waals surface area contributed by atoms with Gasteiger partial charge in [0.1, 0.15) is 5.82 Å². The average Bonchev–Trinajstić information content (AvgIpc) is 2.70. The van der Waals surface area contributed by atoms with Crippen LogP contribution in [0.4, 0.5) is 11.8 Å². The molecule has 27 heavy (non-hydrogen) atoms. The maximum Gasteiger partial charge on any atom is 0.225 e. The minimum absolute atomic E-state index is 0.482. The van der Waals surface area contributed by atoms with Crippen molar-refractivity contribution in [2.75, 3.05) is 62.7 Å². The first kappa shape index (κ1) is 19.8. The molecule has 1 aromatic carbocycles. The predicted octanol–water partition coefficient (Wildman–Crippen LogP) is 3.34. The Kier molecular flexibility index (Phi) is 6.85. The standard InChI is InChI=1S/C21H33N5O/c1-5-25(6-2)10-9-22-21-23-19-15-17(16(3)4)7-8-18(19)20(24-21)26-11-13-27-14-12-26/h7-8,15-16H,5-6,9-14H2,1-4H3,(H,22,23,24). The normalized spacial score (nSPS) is 15.1. The molecule has 2 aromatic rings. The van der Waals surface area contributed by atoms with E-state index in [4.69, 9.17) is 14.7 Å². The minimum atomic E-state index is 0.482. The number of likely N-dealkylation sites (N-methyl/N-ethyl adjacent to an activating group) is 1. The Morgan fingerprint density at radius 2 is 1.89 bits per heavy atom. The Balaban J connectivity index is 1.90. The number of morpholine rings is 1. The quantitative estimate of drug-likeness (QED) is 0.768. The van der Waals surface area contributed by atoms with E-state index in [2.05, 4.69) is 61.0 Å². The third-order valence-electron chi connectivity index (χ3n) is 5.28. The van der Waals surface area contributed by atoms with Crippen molar-refractivity contribution in [2.45, 2.75) is 33.6 Å². The van der Waals surface area contributed by atoms with E-state index in [0.717, 1.165) is 75.2 Å². The number of fused-ring (bicyclic) bond motifs is 1. The highest BCUT2D eigenvalue weighted by Gasteiger charge is 2.18. The summed E-state index contributed by atoms with van der Waals surface area (Å²) < 4.78 is 5.52. The van der Waals surface area contributed by atoms with Crippen molar-refractivity contribution in [1.29, 1.82) is 0 Å². The molecule has 0 unspecified atom stereocenters. The molecule has 1 fully saturated rings. The van der Waals surface area contributed by atoms with Crippen molar-refractivity contribution in [3.63, 3.8) is 0 Å². The molecule has 1 aliphatic rings. The maximum absolute atomic E-state index is 5.52. The van der Waals surface area contributed by atoms with E-state index in [-0.39, 0.29) is 0 Å². The molecule has 3 rings (SSSR count). The molecule has 148 valence electrons. The first-order chi connectivity index (χ1) is 13.1. The maximum atomic E-state index is 5.52. The van der Waals surface area contributed by atoms with Crippen LogP contribution in [0.15, 0.2) is 18.2 Å². The Bertz CT molecular complexity index is 739. The van der Waals surface area contributed by atoms with Gasteiger partial charge in [-0.3, -0.25) is 0 Å². The number of ether oxygens (including phenoxy) is 1.